The van der Waals surface area contributed by atoms with Crippen LogP contribution in [0.5, 0.6) is 5.75 Å². The van der Waals surface area contributed by atoms with Crippen LogP contribution in [0.15, 0.2) is 30.3 Å². The Balaban J connectivity index is 1.51. The van der Waals surface area contributed by atoms with Gasteiger partial charge in [-0.05, 0) is 42.7 Å². The number of carbonyl (C=O) groups is 1. The highest BCUT2D eigenvalue weighted by atomic mass is 32.2. The molecule has 1 aromatic heterocycles. The molecule has 162 valence electrons. The highest BCUT2D eigenvalue weighted by Gasteiger charge is 2.52. The molecule has 8 nitrogen and oxygen atoms in total. The molecule has 1 amide bonds. The van der Waals surface area contributed by atoms with E-state index in [1.807, 2.05) is 24.3 Å². The van der Waals surface area contributed by atoms with Crippen molar-refractivity contribution in [3.8, 4) is 17.0 Å². The molecular formula is C20H25FN4O4S. The Morgan fingerprint density at radius 3 is 2.70 bits per heavy atom. The van der Waals surface area contributed by atoms with Gasteiger partial charge in [-0.1, -0.05) is 0 Å². The fourth-order valence-corrected chi connectivity index (χ4v) is 5.41. The van der Waals surface area contributed by atoms with E-state index in [1.54, 1.807) is 18.1 Å². The van der Waals surface area contributed by atoms with E-state index in [9.17, 15) is 17.6 Å². The Bertz CT molecular complexity index is 1040. The number of sulfonamides is 1. The normalized spacial score (nSPS) is 24.6. The lowest BCUT2D eigenvalue weighted by Gasteiger charge is -2.41. The van der Waals surface area contributed by atoms with Gasteiger partial charge < -0.3 is 9.64 Å². The molecule has 0 aliphatic carbocycles. The number of hydrogen-bond acceptors (Lipinski definition) is 5. The lowest BCUT2D eigenvalue weighted by atomic mass is 9.75. The van der Waals surface area contributed by atoms with Crippen molar-refractivity contribution in [3.05, 3.63) is 36.0 Å². The lowest BCUT2D eigenvalue weighted by Crippen LogP contribution is -2.51. The Kier molecular flexibility index (Phi) is 5.31. The third-order valence-electron chi connectivity index (χ3n) is 6.25. The van der Waals surface area contributed by atoms with Crippen LogP contribution in [-0.4, -0.2) is 79.9 Å². The Morgan fingerprint density at radius 2 is 2.07 bits per heavy atom. The summed E-state index contributed by atoms with van der Waals surface area (Å²) in [6, 6.07) is 9.01. The zero-order chi connectivity index (χ0) is 21.5. The molecular weight excluding hydrogens is 411 g/mol. The van der Waals surface area contributed by atoms with Crippen LogP contribution >= 0.6 is 0 Å². The van der Waals surface area contributed by atoms with Crippen molar-refractivity contribution < 1.29 is 22.3 Å². The number of aromatic amines is 1. The molecule has 0 saturated carbocycles. The van der Waals surface area contributed by atoms with Crippen molar-refractivity contribution in [1.82, 2.24) is 19.4 Å². The maximum Gasteiger partial charge on any atom is 0.271 e. The maximum absolute atomic E-state index is 14.1. The molecule has 3 heterocycles. The number of methoxy groups -OCH3 is 1. The first kappa shape index (κ1) is 20.8. The first-order chi connectivity index (χ1) is 14.3. The number of likely N-dealkylation sites (tertiary alicyclic amines) is 1. The number of hydrogen-bond donors (Lipinski definition) is 1. The molecule has 1 N–H and O–H groups in total. The summed E-state index contributed by atoms with van der Waals surface area (Å²) in [5.41, 5.74) is 0.940. The lowest BCUT2D eigenvalue weighted by molar-refractivity contribution is 0.0696. The minimum atomic E-state index is -3.40. The van der Waals surface area contributed by atoms with Gasteiger partial charge in [-0.15, -0.1) is 0 Å². The molecule has 0 radical (unpaired) electrons. The molecule has 30 heavy (non-hydrogen) atoms. The van der Waals surface area contributed by atoms with Gasteiger partial charge in [0.25, 0.3) is 5.91 Å². The summed E-state index contributed by atoms with van der Waals surface area (Å²) in [4.78, 5) is 14.7. The second kappa shape index (κ2) is 7.66. The van der Waals surface area contributed by atoms with Crippen molar-refractivity contribution in [3.63, 3.8) is 0 Å². The van der Waals surface area contributed by atoms with Crippen molar-refractivity contribution in [2.75, 3.05) is 46.2 Å². The van der Waals surface area contributed by atoms with Gasteiger partial charge in [0.05, 0.1) is 25.7 Å². The summed E-state index contributed by atoms with van der Waals surface area (Å²) < 4.78 is 44.5. The molecule has 2 aromatic rings. The number of ether oxygens (including phenoxy) is 1. The molecule has 2 aliphatic rings. The maximum atomic E-state index is 14.1. The smallest absolute Gasteiger partial charge is 0.271 e. The van der Waals surface area contributed by atoms with E-state index in [2.05, 4.69) is 10.2 Å². The number of amides is 1. The number of H-pyrrole nitrogens is 1. The first-order valence-corrected chi connectivity index (χ1v) is 11.6. The van der Waals surface area contributed by atoms with Crippen molar-refractivity contribution in [1.29, 1.82) is 0 Å². The van der Waals surface area contributed by atoms with Gasteiger partial charge in [-0.2, -0.15) is 5.10 Å². The van der Waals surface area contributed by atoms with Crippen LogP contribution in [0.1, 0.15) is 16.9 Å². The van der Waals surface area contributed by atoms with Crippen LogP contribution < -0.4 is 4.74 Å². The predicted octanol–water partition coefficient (Wildman–Crippen LogP) is 1.78. The van der Waals surface area contributed by atoms with Crippen LogP contribution in [0.25, 0.3) is 11.3 Å². The van der Waals surface area contributed by atoms with Gasteiger partial charge in [-0.25, -0.2) is 12.7 Å². The molecule has 2 atom stereocenters. The van der Waals surface area contributed by atoms with Gasteiger partial charge in [0.2, 0.25) is 10.0 Å². The molecule has 2 saturated heterocycles. The molecule has 0 spiro atoms. The first-order valence-electron chi connectivity index (χ1n) is 9.76. The molecule has 2 fully saturated rings. The SMILES string of the molecule is COc1ccc(-c2cc(C(=O)N3C[C@@H]4CCN(S(C)(=O)=O)C[C@]4(CF)C3)[nH]n2)cc1. The number of nitrogens with zero attached hydrogens (tertiary/aromatic N) is 3. The van der Waals surface area contributed by atoms with Gasteiger partial charge in [0.1, 0.15) is 11.4 Å². The van der Waals surface area contributed by atoms with Crippen LogP contribution in [0.2, 0.25) is 0 Å². The number of carbonyl (C=O) groups excluding carboxylic acids is 1. The van der Waals surface area contributed by atoms with Gasteiger partial charge in [0, 0.05) is 37.2 Å². The van der Waals surface area contributed by atoms with E-state index >= 15 is 0 Å². The number of rotatable bonds is 5. The summed E-state index contributed by atoms with van der Waals surface area (Å²) in [6.45, 7) is 0.413. The summed E-state index contributed by atoms with van der Waals surface area (Å²) in [6.07, 6.45) is 1.68. The number of fused-ring (bicyclic) bond motifs is 1. The van der Waals surface area contributed by atoms with Crippen LogP contribution in [0.4, 0.5) is 4.39 Å². The number of alkyl halides is 1. The third-order valence-corrected chi connectivity index (χ3v) is 7.50. The summed E-state index contributed by atoms with van der Waals surface area (Å²) in [7, 11) is -1.81. The highest BCUT2D eigenvalue weighted by Crippen LogP contribution is 2.43. The second-order valence-electron chi connectivity index (χ2n) is 8.16. The summed E-state index contributed by atoms with van der Waals surface area (Å²) >= 11 is 0. The van der Waals surface area contributed by atoms with Crippen LogP contribution in [0, 0.1) is 11.3 Å². The van der Waals surface area contributed by atoms with E-state index < -0.39 is 22.1 Å². The summed E-state index contributed by atoms with van der Waals surface area (Å²) in [5.74, 6) is 0.411. The molecule has 4 rings (SSSR count). The molecule has 1 aromatic carbocycles. The van der Waals surface area contributed by atoms with Gasteiger partial charge >= 0.3 is 0 Å². The highest BCUT2D eigenvalue weighted by molar-refractivity contribution is 7.88. The number of aromatic nitrogens is 2. The van der Waals surface area contributed by atoms with Gasteiger partial charge in [-0.3, -0.25) is 14.3 Å². The van der Waals surface area contributed by atoms with E-state index in [4.69, 9.17) is 4.74 Å². The minimum Gasteiger partial charge on any atom is -0.497 e. The molecule has 2 aliphatic heterocycles. The number of benzene rings is 1. The molecule has 0 bridgehead atoms. The quantitative estimate of drug-likeness (QED) is 0.771. The largest absolute Gasteiger partial charge is 0.497 e. The van der Waals surface area contributed by atoms with Gasteiger partial charge in [0.15, 0.2) is 0 Å². The van der Waals surface area contributed by atoms with Crippen LogP contribution in [-0.2, 0) is 10.0 Å². The van der Waals surface area contributed by atoms with E-state index in [1.165, 1.54) is 4.31 Å². The predicted molar refractivity (Wildman–Crippen MR) is 109 cm³/mol. The van der Waals surface area contributed by atoms with E-state index in [0.29, 0.717) is 30.9 Å². The Hall–Kier alpha value is -2.46. The number of nitrogens with one attached hydrogen (secondary N) is 1. The third kappa shape index (κ3) is 3.69. The fraction of sp³-hybridized carbons (Fsp3) is 0.500. The number of piperidine rings is 1. The standard InChI is InChI=1S/C20H25FN4O4S/c1-29-16-5-3-14(4-6-16)17-9-18(23-22-17)19(26)24-10-15-7-8-25(30(2,27)28)13-20(15,11-21)12-24/h3-6,9,15H,7-8,10-13H2,1-2H3,(H,22,23)/t15-,20-/m0/s1. The topological polar surface area (TPSA) is 95.6 Å². The molecule has 10 heteroatoms. The minimum absolute atomic E-state index is 0.0616. The van der Waals surface area contributed by atoms with Crippen molar-refractivity contribution in [2.24, 2.45) is 11.3 Å². The summed E-state index contributed by atoms with van der Waals surface area (Å²) in [5, 5.41) is 7.01. The van der Waals surface area contributed by atoms with Crippen LogP contribution in [0.3, 0.4) is 0 Å². The molecule has 0 unspecified atom stereocenters. The van der Waals surface area contributed by atoms with E-state index in [0.717, 1.165) is 17.6 Å². The monoisotopic (exact) mass is 436 g/mol. The average Bonchev–Trinajstić information content (AvgIpc) is 3.37. The zero-order valence-corrected chi connectivity index (χ0v) is 17.8. The number of halogens is 1. The van der Waals surface area contributed by atoms with E-state index in [-0.39, 0.29) is 24.9 Å². The zero-order valence-electron chi connectivity index (χ0n) is 17.0. The average molecular weight is 437 g/mol. The fourth-order valence-electron chi connectivity index (χ4n) is 4.48. The Morgan fingerprint density at radius 1 is 1.33 bits per heavy atom. The second-order valence-corrected chi connectivity index (χ2v) is 10.1. The Labute approximate surface area is 175 Å². The van der Waals surface area contributed by atoms with Crippen molar-refractivity contribution in [2.45, 2.75) is 6.42 Å². The van der Waals surface area contributed by atoms with Crippen molar-refractivity contribution >= 4 is 15.9 Å².